The van der Waals surface area contributed by atoms with E-state index in [9.17, 15) is 4.39 Å². The van der Waals surface area contributed by atoms with E-state index in [-0.39, 0.29) is 10.0 Å². The fourth-order valence-electron chi connectivity index (χ4n) is 1.32. The lowest BCUT2D eigenvalue weighted by molar-refractivity contribution is 0.629. The van der Waals surface area contributed by atoms with E-state index in [0.717, 1.165) is 4.47 Å². The van der Waals surface area contributed by atoms with E-state index in [1.165, 1.54) is 12.1 Å². The molecule has 2 aromatic rings. The van der Waals surface area contributed by atoms with Crippen molar-refractivity contribution in [2.75, 3.05) is 11.1 Å². The smallest absolute Gasteiger partial charge is 0.160 e. The molecule has 18 heavy (non-hydrogen) atoms. The molecule has 0 spiro atoms. The van der Waals surface area contributed by atoms with E-state index >= 15 is 0 Å². The number of hydrogen-bond donors (Lipinski definition) is 2. The lowest BCUT2D eigenvalue weighted by atomic mass is 10.3. The second-order valence-electron chi connectivity index (χ2n) is 3.47. The SMILES string of the molecule is Nc1cc(Br)cnc1Nc1cc(Cl)c(F)c(Cl)c1. The van der Waals surface area contributed by atoms with Crippen LogP contribution in [0.4, 0.5) is 21.6 Å². The molecule has 94 valence electrons. The van der Waals surface area contributed by atoms with Gasteiger partial charge in [0.2, 0.25) is 0 Å². The summed E-state index contributed by atoms with van der Waals surface area (Å²) in [6.07, 6.45) is 1.59. The minimum Gasteiger partial charge on any atom is -0.396 e. The van der Waals surface area contributed by atoms with Crippen molar-refractivity contribution in [1.82, 2.24) is 4.98 Å². The zero-order chi connectivity index (χ0) is 13.3. The Labute approximate surface area is 121 Å². The maximum absolute atomic E-state index is 13.2. The summed E-state index contributed by atoms with van der Waals surface area (Å²) < 4.78 is 14.0. The molecule has 0 saturated heterocycles. The van der Waals surface area contributed by atoms with Crippen molar-refractivity contribution in [2.45, 2.75) is 0 Å². The van der Waals surface area contributed by atoms with Crippen LogP contribution in [0.3, 0.4) is 0 Å². The van der Waals surface area contributed by atoms with E-state index in [0.29, 0.717) is 17.2 Å². The first-order chi connectivity index (χ1) is 8.47. The molecule has 2 rings (SSSR count). The van der Waals surface area contributed by atoms with E-state index in [1.807, 2.05) is 0 Å². The third-order valence-corrected chi connectivity index (χ3v) is 3.11. The fraction of sp³-hybridized carbons (Fsp3) is 0. The molecule has 0 bridgehead atoms. The molecule has 7 heteroatoms. The summed E-state index contributed by atoms with van der Waals surface area (Å²) in [6, 6.07) is 4.51. The van der Waals surface area contributed by atoms with Crippen LogP contribution in [0.25, 0.3) is 0 Å². The van der Waals surface area contributed by atoms with Gasteiger partial charge in [0.25, 0.3) is 0 Å². The van der Waals surface area contributed by atoms with Crippen LogP contribution in [0.2, 0.25) is 10.0 Å². The van der Waals surface area contributed by atoms with Crippen molar-refractivity contribution < 1.29 is 4.39 Å². The average molecular weight is 351 g/mol. The summed E-state index contributed by atoms with van der Waals surface area (Å²) >= 11 is 14.6. The van der Waals surface area contributed by atoms with Gasteiger partial charge in [0.05, 0.1) is 15.7 Å². The van der Waals surface area contributed by atoms with Crippen molar-refractivity contribution in [1.29, 1.82) is 0 Å². The highest BCUT2D eigenvalue weighted by Gasteiger charge is 2.09. The maximum Gasteiger partial charge on any atom is 0.160 e. The third kappa shape index (κ3) is 2.85. The highest BCUT2D eigenvalue weighted by atomic mass is 79.9. The number of nitrogens with zero attached hydrogens (tertiary/aromatic N) is 1. The zero-order valence-corrected chi connectivity index (χ0v) is 11.9. The second-order valence-corrected chi connectivity index (χ2v) is 5.20. The molecule has 0 unspecified atom stereocenters. The Morgan fingerprint density at radius 3 is 2.39 bits per heavy atom. The molecule has 0 amide bonds. The molecule has 1 heterocycles. The Morgan fingerprint density at radius 1 is 1.22 bits per heavy atom. The molecule has 1 aromatic heterocycles. The van der Waals surface area contributed by atoms with Crippen LogP contribution in [-0.2, 0) is 0 Å². The van der Waals surface area contributed by atoms with Crippen molar-refractivity contribution in [2.24, 2.45) is 0 Å². The van der Waals surface area contributed by atoms with Crippen LogP contribution in [0.5, 0.6) is 0 Å². The number of halogens is 4. The van der Waals surface area contributed by atoms with Gasteiger partial charge in [0.15, 0.2) is 11.6 Å². The van der Waals surface area contributed by atoms with E-state index in [1.54, 1.807) is 12.3 Å². The largest absolute Gasteiger partial charge is 0.396 e. The van der Waals surface area contributed by atoms with Crippen LogP contribution in [0.1, 0.15) is 0 Å². The van der Waals surface area contributed by atoms with Gasteiger partial charge in [0.1, 0.15) is 0 Å². The van der Waals surface area contributed by atoms with Gasteiger partial charge < -0.3 is 11.1 Å². The van der Waals surface area contributed by atoms with E-state index in [2.05, 4.69) is 26.2 Å². The van der Waals surface area contributed by atoms with Crippen LogP contribution in [0, 0.1) is 5.82 Å². The molecule has 3 N–H and O–H groups in total. The molecule has 0 radical (unpaired) electrons. The summed E-state index contributed by atoms with van der Waals surface area (Å²) in [4.78, 5) is 4.09. The minimum atomic E-state index is -0.652. The Morgan fingerprint density at radius 2 is 1.83 bits per heavy atom. The molecule has 0 saturated carbocycles. The predicted molar refractivity (Wildman–Crippen MR) is 76.1 cm³/mol. The first-order valence-corrected chi connectivity index (χ1v) is 6.35. The van der Waals surface area contributed by atoms with Crippen molar-refractivity contribution >= 4 is 56.3 Å². The third-order valence-electron chi connectivity index (χ3n) is 2.13. The van der Waals surface area contributed by atoms with E-state index < -0.39 is 5.82 Å². The number of rotatable bonds is 2. The first kappa shape index (κ1) is 13.4. The van der Waals surface area contributed by atoms with E-state index in [4.69, 9.17) is 28.9 Å². The van der Waals surface area contributed by atoms with Gasteiger partial charge in [-0.1, -0.05) is 23.2 Å². The molecular formula is C11H7BrCl2FN3. The lowest BCUT2D eigenvalue weighted by Crippen LogP contribution is -1.99. The zero-order valence-electron chi connectivity index (χ0n) is 8.85. The summed E-state index contributed by atoms with van der Waals surface area (Å²) in [6.45, 7) is 0. The molecule has 0 atom stereocenters. The number of anilines is 3. The number of nitrogens with two attached hydrogens (primary N) is 1. The lowest BCUT2D eigenvalue weighted by Gasteiger charge is -2.09. The number of benzene rings is 1. The van der Waals surface area contributed by atoms with Crippen molar-refractivity contribution in [3.05, 3.63) is 44.7 Å². The first-order valence-electron chi connectivity index (χ1n) is 4.80. The topological polar surface area (TPSA) is 50.9 Å². The number of nitrogen functional groups attached to an aromatic ring is 1. The van der Waals surface area contributed by atoms with Gasteiger partial charge in [-0.3, -0.25) is 0 Å². The quantitative estimate of drug-likeness (QED) is 0.777. The molecule has 0 aliphatic heterocycles. The summed E-state index contributed by atoms with van der Waals surface area (Å²) in [5, 5.41) is 2.78. The number of pyridine rings is 1. The minimum absolute atomic E-state index is 0.0688. The Kier molecular flexibility index (Phi) is 3.94. The van der Waals surface area contributed by atoms with Crippen molar-refractivity contribution in [3.63, 3.8) is 0 Å². The molecule has 3 nitrogen and oxygen atoms in total. The molecular weight excluding hydrogens is 344 g/mol. The van der Waals surface area contributed by atoms with Gasteiger partial charge in [0, 0.05) is 16.4 Å². The number of nitrogens with one attached hydrogen (secondary N) is 1. The van der Waals surface area contributed by atoms with Gasteiger partial charge >= 0.3 is 0 Å². The predicted octanol–water partition coefficient (Wildman–Crippen LogP) is 4.62. The van der Waals surface area contributed by atoms with Crippen LogP contribution < -0.4 is 11.1 Å². The Balaban J connectivity index is 2.34. The van der Waals surface area contributed by atoms with Crippen LogP contribution in [-0.4, -0.2) is 4.98 Å². The number of hydrogen-bond acceptors (Lipinski definition) is 3. The molecule has 1 aromatic carbocycles. The maximum atomic E-state index is 13.2. The highest BCUT2D eigenvalue weighted by molar-refractivity contribution is 9.10. The van der Waals surface area contributed by atoms with Gasteiger partial charge in [-0.25, -0.2) is 9.37 Å². The van der Waals surface area contributed by atoms with Gasteiger partial charge in [-0.15, -0.1) is 0 Å². The highest BCUT2D eigenvalue weighted by Crippen LogP contribution is 2.30. The van der Waals surface area contributed by atoms with Crippen LogP contribution >= 0.6 is 39.1 Å². The fourth-order valence-corrected chi connectivity index (χ4v) is 2.16. The molecule has 0 fully saturated rings. The standard InChI is InChI=1S/C11H7BrCl2FN3/c12-5-1-9(16)11(17-4-5)18-6-2-7(13)10(15)8(14)3-6/h1-4H,16H2,(H,17,18). The normalized spacial score (nSPS) is 10.4. The average Bonchev–Trinajstić information content (AvgIpc) is 2.29. The Hall–Kier alpha value is -1.04. The second kappa shape index (κ2) is 5.30. The number of aromatic nitrogens is 1. The monoisotopic (exact) mass is 349 g/mol. The van der Waals surface area contributed by atoms with Crippen LogP contribution in [0.15, 0.2) is 28.9 Å². The van der Waals surface area contributed by atoms with Gasteiger partial charge in [-0.05, 0) is 34.1 Å². The summed E-state index contributed by atoms with van der Waals surface area (Å²) in [5.74, 6) is -0.211. The molecule has 0 aliphatic rings. The summed E-state index contributed by atoms with van der Waals surface area (Å²) in [7, 11) is 0. The van der Waals surface area contributed by atoms with Gasteiger partial charge in [-0.2, -0.15) is 0 Å². The van der Waals surface area contributed by atoms with Crippen molar-refractivity contribution in [3.8, 4) is 0 Å². The Bertz CT molecular complexity index is 584. The molecule has 0 aliphatic carbocycles. The summed E-state index contributed by atoms with van der Waals surface area (Å²) in [5.41, 5.74) is 6.73.